The predicted octanol–water partition coefficient (Wildman–Crippen LogP) is 1.72. The van der Waals surface area contributed by atoms with E-state index in [9.17, 15) is 13.6 Å². The number of carbonyl (C=O) groups excluding carboxylic acids is 1. The summed E-state index contributed by atoms with van der Waals surface area (Å²) in [6, 6.07) is 10.6. The number of urea groups is 1. The van der Waals surface area contributed by atoms with Gasteiger partial charge in [0.1, 0.15) is 13.6 Å². The molecule has 1 aliphatic rings. The minimum atomic E-state index is -3.06. The fraction of sp³-hybridized carbons (Fsp3) is 0.263. The normalized spacial score (nSPS) is 16.1. The number of amides is 2. The molecule has 0 bridgehead atoms. The number of morpholine rings is 1. The van der Waals surface area contributed by atoms with Gasteiger partial charge in [0.2, 0.25) is 0 Å². The Kier molecular flexibility index (Phi) is 6.64. The van der Waals surface area contributed by atoms with Crippen molar-refractivity contribution in [1.82, 2.24) is 5.32 Å². The molecule has 3 rings (SSSR count). The Morgan fingerprint density at radius 3 is 2.72 bits per heavy atom. The van der Waals surface area contributed by atoms with Crippen molar-refractivity contribution in [3.05, 3.63) is 47.5 Å². The molecule has 1 atom stereocenters. The zero-order valence-corrected chi connectivity index (χ0v) is 15.7. The van der Waals surface area contributed by atoms with Gasteiger partial charge in [-0.25, -0.2) is 4.79 Å². The van der Waals surface area contributed by atoms with E-state index < -0.39 is 12.6 Å². The summed E-state index contributed by atoms with van der Waals surface area (Å²) < 4.78 is 35.3. The van der Waals surface area contributed by atoms with Crippen LogP contribution in [0.3, 0.4) is 0 Å². The molecule has 1 aliphatic heterocycles. The van der Waals surface area contributed by atoms with Crippen LogP contribution in [0.1, 0.15) is 17.2 Å². The van der Waals surface area contributed by atoms with Crippen molar-refractivity contribution in [2.75, 3.05) is 30.3 Å². The van der Waals surface area contributed by atoms with Gasteiger partial charge >= 0.3 is 12.6 Å². The molecule has 2 aromatic rings. The van der Waals surface area contributed by atoms with Gasteiger partial charge in [-0.15, -0.1) is 0 Å². The Morgan fingerprint density at radius 2 is 2.07 bits per heavy atom. The number of benzene rings is 2. The Bertz CT molecular complexity index is 930. The molecule has 29 heavy (non-hydrogen) atoms. The Balaban J connectivity index is 1.71. The molecule has 2 aromatic carbocycles. The average Bonchev–Trinajstić information content (AvgIpc) is 2.71. The maximum atomic E-state index is 12.6. The summed E-state index contributed by atoms with van der Waals surface area (Å²) in [7, 11) is 1.84. The van der Waals surface area contributed by atoms with Gasteiger partial charge in [-0.3, -0.25) is 0 Å². The van der Waals surface area contributed by atoms with Crippen LogP contribution < -0.4 is 26.2 Å². The number of nitrogens with one attached hydrogen (secondary N) is 3. The Labute approximate surface area is 167 Å². The second-order valence-electron chi connectivity index (χ2n) is 6.42. The maximum Gasteiger partial charge on any atom is 0.387 e. The largest absolute Gasteiger partial charge is 0.433 e. The smallest absolute Gasteiger partial charge is 0.387 e. The molecule has 0 radical (unpaired) electrons. The van der Waals surface area contributed by atoms with E-state index in [4.69, 9.17) is 10.00 Å². The second-order valence-corrected chi connectivity index (χ2v) is 6.42. The third kappa shape index (κ3) is 5.43. The lowest BCUT2D eigenvalue weighted by Crippen LogP contribution is -2.33. The highest BCUT2D eigenvalue weighted by Crippen LogP contribution is 2.27. The minimum Gasteiger partial charge on any atom is -0.433 e. The third-order valence-electron chi connectivity index (χ3n) is 4.37. The first-order chi connectivity index (χ1) is 14.0. The lowest BCUT2D eigenvalue weighted by atomic mass is 9.90. The SMILES string of the molecule is Bc1cc([C@@H]2CNCCO2)ccc1NC(=O)Nc1cc(C#N)ccc1OC(F)F. The van der Waals surface area contributed by atoms with Crippen LogP contribution in [0.2, 0.25) is 0 Å². The van der Waals surface area contributed by atoms with Gasteiger partial charge in [0, 0.05) is 18.8 Å². The highest BCUT2D eigenvalue weighted by atomic mass is 19.3. The van der Waals surface area contributed by atoms with Crippen LogP contribution in [0, 0.1) is 11.3 Å². The summed E-state index contributed by atoms with van der Waals surface area (Å²) >= 11 is 0. The number of anilines is 2. The first kappa shape index (κ1) is 20.6. The summed E-state index contributed by atoms with van der Waals surface area (Å²) in [5.74, 6) is -0.233. The number of rotatable bonds is 5. The van der Waals surface area contributed by atoms with E-state index >= 15 is 0 Å². The number of hydrogen-bond acceptors (Lipinski definition) is 5. The third-order valence-corrected chi connectivity index (χ3v) is 4.37. The van der Waals surface area contributed by atoms with Crippen LogP contribution in [0.15, 0.2) is 36.4 Å². The molecule has 0 unspecified atom stereocenters. The first-order valence-corrected chi connectivity index (χ1v) is 8.96. The van der Waals surface area contributed by atoms with Gasteiger partial charge in [-0.2, -0.15) is 14.0 Å². The fourth-order valence-electron chi connectivity index (χ4n) is 2.98. The summed E-state index contributed by atoms with van der Waals surface area (Å²) in [4.78, 5) is 12.4. The van der Waals surface area contributed by atoms with Crippen LogP contribution in [-0.2, 0) is 4.74 Å². The topological polar surface area (TPSA) is 95.4 Å². The van der Waals surface area contributed by atoms with E-state index in [2.05, 4.69) is 20.7 Å². The molecule has 1 heterocycles. The summed E-state index contributed by atoms with van der Waals surface area (Å²) in [5.41, 5.74) is 2.54. The van der Waals surface area contributed by atoms with Crippen molar-refractivity contribution in [2.45, 2.75) is 12.7 Å². The van der Waals surface area contributed by atoms with Crippen molar-refractivity contribution in [1.29, 1.82) is 5.26 Å². The van der Waals surface area contributed by atoms with E-state index in [0.717, 1.165) is 24.1 Å². The minimum absolute atomic E-state index is 0.0298. The van der Waals surface area contributed by atoms with E-state index in [1.807, 2.05) is 26.0 Å². The van der Waals surface area contributed by atoms with Gasteiger partial charge in [-0.1, -0.05) is 17.6 Å². The summed E-state index contributed by atoms with van der Waals surface area (Å²) in [5, 5.41) is 17.4. The Hall–Kier alpha value is -3.16. The van der Waals surface area contributed by atoms with Crippen molar-refractivity contribution < 1.29 is 23.0 Å². The van der Waals surface area contributed by atoms with E-state index in [0.29, 0.717) is 12.3 Å². The average molecular weight is 400 g/mol. The van der Waals surface area contributed by atoms with Crippen LogP contribution in [-0.4, -0.2) is 40.2 Å². The van der Waals surface area contributed by atoms with Gasteiger partial charge in [-0.05, 0) is 29.8 Å². The van der Waals surface area contributed by atoms with Crippen LogP contribution in [0.5, 0.6) is 5.75 Å². The molecular formula is C19H19BF2N4O3. The monoisotopic (exact) mass is 400 g/mol. The van der Waals surface area contributed by atoms with Crippen molar-refractivity contribution in [3.8, 4) is 11.8 Å². The molecule has 1 fully saturated rings. The maximum absolute atomic E-state index is 12.6. The van der Waals surface area contributed by atoms with Gasteiger partial charge in [0.15, 0.2) is 0 Å². The van der Waals surface area contributed by atoms with Gasteiger partial charge in [0.25, 0.3) is 0 Å². The summed E-state index contributed by atoms with van der Waals surface area (Å²) in [6.45, 7) is -0.886. The number of nitriles is 1. The van der Waals surface area contributed by atoms with Crippen molar-refractivity contribution in [2.24, 2.45) is 0 Å². The first-order valence-electron chi connectivity index (χ1n) is 8.96. The lowest BCUT2D eigenvalue weighted by Gasteiger charge is -2.24. The van der Waals surface area contributed by atoms with Crippen LogP contribution in [0.4, 0.5) is 25.0 Å². The summed E-state index contributed by atoms with van der Waals surface area (Å²) in [6.07, 6.45) is -0.0481. The fourth-order valence-corrected chi connectivity index (χ4v) is 2.98. The quantitative estimate of drug-likeness (QED) is 0.665. The highest BCUT2D eigenvalue weighted by molar-refractivity contribution is 6.36. The highest BCUT2D eigenvalue weighted by Gasteiger charge is 2.17. The van der Waals surface area contributed by atoms with Crippen molar-refractivity contribution >= 4 is 30.7 Å². The standard InChI is InChI=1S/C19H19BF2N4O3/c20-13-8-12(17-10-24-5-6-28-17)2-3-14(13)25-19(27)26-15-7-11(9-23)1-4-16(15)29-18(21)22/h1-4,7-8,17-18,24H,5-6,10,20H2,(H2,25,26,27)/t17-/m0/s1. The molecule has 150 valence electrons. The number of halogens is 2. The van der Waals surface area contributed by atoms with Crippen LogP contribution in [0.25, 0.3) is 0 Å². The molecule has 3 N–H and O–H groups in total. The Morgan fingerprint density at radius 1 is 1.28 bits per heavy atom. The predicted molar refractivity (Wildman–Crippen MR) is 107 cm³/mol. The molecule has 1 saturated heterocycles. The molecule has 10 heteroatoms. The molecule has 0 aliphatic carbocycles. The van der Waals surface area contributed by atoms with E-state index in [-0.39, 0.29) is 23.1 Å². The van der Waals surface area contributed by atoms with Crippen molar-refractivity contribution in [3.63, 3.8) is 0 Å². The number of hydrogen-bond donors (Lipinski definition) is 3. The molecule has 0 aromatic heterocycles. The van der Waals surface area contributed by atoms with E-state index in [1.165, 1.54) is 18.2 Å². The molecular weight excluding hydrogens is 381 g/mol. The second kappa shape index (κ2) is 9.36. The van der Waals surface area contributed by atoms with Gasteiger partial charge < -0.3 is 25.4 Å². The zero-order valence-electron chi connectivity index (χ0n) is 15.7. The lowest BCUT2D eigenvalue weighted by molar-refractivity contribution is -0.0493. The number of carbonyl (C=O) groups is 1. The number of ether oxygens (including phenoxy) is 2. The van der Waals surface area contributed by atoms with Gasteiger partial charge in [0.05, 0.1) is 30.0 Å². The van der Waals surface area contributed by atoms with Crippen LogP contribution >= 0.6 is 0 Å². The zero-order chi connectivity index (χ0) is 20.8. The molecule has 0 spiro atoms. The number of nitrogens with zero attached hydrogens (tertiary/aromatic N) is 1. The van der Waals surface area contributed by atoms with E-state index in [1.54, 1.807) is 6.07 Å². The number of alkyl halides is 2. The molecule has 0 saturated carbocycles. The molecule has 2 amide bonds. The molecule has 7 nitrogen and oxygen atoms in total.